The third-order valence-electron chi connectivity index (χ3n) is 2.95. The van der Waals surface area contributed by atoms with E-state index in [0.717, 1.165) is 13.1 Å². The molecule has 0 aliphatic heterocycles. The summed E-state index contributed by atoms with van der Waals surface area (Å²) >= 11 is 0. The molecule has 0 bridgehead atoms. The molecule has 1 N–H and O–H groups in total. The molecule has 0 aliphatic rings. The van der Waals surface area contributed by atoms with E-state index in [-0.39, 0.29) is 5.91 Å². The van der Waals surface area contributed by atoms with Crippen LogP contribution in [0.25, 0.3) is 0 Å². The van der Waals surface area contributed by atoms with Crippen molar-refractivity contribution in [1.29, 1.82) is 0 Å². The van der Waals surface area contributed by atoms with Crippen molar-refractivity contribution in [2.24, 2.45) is 0 Å². The Kier molecular flexibility index (Phi) is 6.81. The van der Waals surface area contributed by atoms with E-state index in [0.29, 0.717) is 18.0 Å². The first-order chi connectivity index (χ1) is 9.56. The van der Waals surface area contributed by atoms with Crippen molar-refractivity contribution in [1.82, 2.24) is 4.90 Å². The van der Waals surface area contributed by atoms with Gasteiger partial charge in [-0.3, -0.25) is 9.69 Å². The lowest BCUT2D eigenvalue weighted by Crippen LogP contribution is -2.33. The highest BCUT2D eigenvalue weighted by Crippen LogP contribution is 2.22. The minimum atomic E-state index is -0.0292. The summed E-state index contributed by atoms with van der Waals surface area (Å²) in [5, 5.41) is 2.89. The van der Waals surface area contributed by atoms with Crippen LogP contribution in [0.2, 0.25) is 0 Å². The van der Waals surface area contributed by atoms with Gasteiger partial charge in [-0.25, -0.2) is 0 Å². The maximum absolute atomic E-state index is 12.1. The molecule has 1 aromatic carbocycles. The number of carbonyl (C=O) groups is 1. The number of rotatable bonds is 7. The summed E-state index contributed by atoms with van der Waals surface area (Å²) in [5.74, 6) is 0.645. The first-order valence-corrected chi connectivity index (χ1v) is 6.85. The van der Waals surface area contributed by atoms with Crippen molar-refractivity contribution < 1.29 is 9.53 Å². The van der Waals surface area contributed by atoms with Gasteiger partial charge in [-0.2, -0.15) is 0 Å². The van der Waals surface area contributed by atoms with E-state index in [1.54, 1.807) is 7.11 Å². The highest BCUT2D eigenvalue weighted by atomic mass is 16.5. The lowest BCUT2D eigenvalue weighted by molar-refractivity contribution is -0.117. The normalized spacial score (nSPS) is 10.2. The van der Waals surface area contributed by atoms with E-state index in [4.69, 9.17) is 4.74 Å². The maximum Gasteiger partial charge on any atom is 0.238 e. The number of amides is 1. The first-order valence-electron chi connectivity index (χ1n) is 6.85. The summed E-state index contributed by atoms with van der Waals surface area (Å²) in [4.78, 5) is 14.1. The maximum atomic E-state index is 12.1. The fraction of sp³-hybridized carbons (Fsp3) is 0.438. The van der Waals surface area contributed by atoms with Crippen LogP contribution in [0.1, 0.15) is 20.8 Å². The van der Waals surface area contributed by atoms with Gasteiger partial charge in [0.05, 0.1) is 19.3 Å². The van der Waals surface area contributed by atoms with Gasteiger partial charge in [0.2, 0.25) is 5.91 Å². The summed E-state index contributed by atoms with van der Waals surface area (Å²) in [7, 11) is 1.60. The van der Waals surface area contributed by atoms with Gasteiger partial charge in [-0.1, -0.05) is 30.7 Å². The van der Waals surface area contributed by atoms with Crippen LogP contribution in [0.15, 0.2) is 35.9 Å². The van der Waals surface area contributed by atoms with Crippen molar-refractivity contribution in [3.8, 4) is 5.75 Å². The molecule has 0 radical (unpaired) electrons. The van der Waals surface area contributed by atoms with E-state index in [9.17, 15) is 4.79 Å². The molecule has 4 nitrogen and oxygen atoms in total. The van der Waals surface area contributed by atoms with Crippen LogP contribution in [-0.4, -0.2) is 37.6 Å². The van der Waals surface area contributed by atoms with Crippen molar-refractivity contribution in [2.75, 3.05) is 32.1 Å². The zero-order valence-electron chi connectivity index (χ0n) is 12.8. The average Bonchev–Trinajstić information content (AvgIpc) is 2.43. The monoisotopic (exact) mass is 276 g/mol. The molecule has 1 aromatic rings. The van der Waals surface area contributed by atoms with Gasteiger partial charge in [0.25, 0.3) is 0 Å². The summed E-state index contributed by atoms with van der Waals surface area (Å²) < 4.78 is 5.22. The fourth-order valence-electron chi connectivity index (χ4n) is 1.76. The van der Waals surface area contributed by atoms with E-state index in [1.807, 2.05) is 24.3 Å². The number of nitrogens with zero attached hydrogens (tertiary/aromatic N) is 1. The predicted octanol–water partition coefficient (Wildman–Crippen LogP) is 2.92. The molecular formula is C16H24N2O2. The molecule has 0 aliphatic carbocycles. The zero-order chi connectivity index (χ0) is 15.0. The number of ether oxygens (including phenoxy) is 1. The molecule has 110 valence electrons. The first kappa shape index (κ1) is 16.2. The Hall–Kier alpha value is -1.81. The number of methoxy groups -OCH3 is 1. The molecule has 4 heteroatoms. The minimum absolute atomic E-state index is 0.0292. The molecule has 20 heavy (non-hydrogen) atoms. The van der Waals surface area contributed by atoms with Crippen LogP contribution in [0, 0.1) is 0 Å². The van der Waals surface area contributed by atoms with Crippen molar-refractivity contribution in [3.63, 3.8) is 0 Å². The van der Waals surface area contributed by atoms with Crippen LogP contribution >= 0.6 is 0 Å². The van der Waals surface area contributed by atoms with E-state index >= 15 is 0 Å². The molecule has 0 saturated heterocycles. The summed E-state index contributed by atoms with van der Waals surface area (Å²) in [6.45, 7) is 8.17. The van der Waals surface area contributed by atoms with Gasteiger partial charge < -0.3 is 10.1 Å². The van der Waals surface area contributed by atoms with Gasteiger partial charge in [0, 0.05) is 6.54 Å². The molecule has 0 heterocycles. The number of benzene rings is 1. The molecule has 0 saturated carbocycles. The van der Waals surface area contributed by atoms with Crippen molar-refractivity contribution in [3.05, 3.63) is 35.9 Å². The number of nitrogens with one attached hydrogen (secondary N) is 1. The van der Waals surface area contributed by atoms with Crippen LogP contribution in [0.5, 0.6) is 5.75 Å². The second-order valence-corrected chi connectivity index (χ2v) is 4.86. The van der Waals surface area contributed by atoms with Crippen molar-refractivity contribution in [2.45, 2.75) is 20.8 Å². The van der Waals surface area contributed by atoms with Crippen LogP contribution in [0.4, 0.5) is 5.69 Å². The molecule has 0 unspecified atom stereocenters. The molecule has 0 fully saturated rings. The number of hydrogen-bond acceptors (Lipinski definition) is 3. The number of likely N-dealkylation sites (N-methyl/N-ethyl adjacent to an activating group) is 1. The number of para-hydroxylation sites is 2. The lowest BCUT2D eigenvalue weighted by Gasteiger charge is -2.18. The Morgan fingerprint density at radius 2 is 2.05 bits per heavy atom. The quantitative estimate of drug-likeness (QED) is 0.779. The van der Waals surface area contributed by atoms with Gasteiger partial charge in [-0.05, 0) is 32.5 Å². The third-order valence-corrected chi connectivity index (χ3v) is 2.95. The molecule has 1 rings (SSSR count). The number of allylic oxidation sites excluding steroid dienone is 1. The Balaban J connectivity index is 2.59. The molecule has 0 spiro atoms. The number of anilines is 1. The second-order valence-electron chi connectivity index (χ2n) is 4.86. The Labute approximate surface area is 121 Å². The standard InChI is InChI=1S/C16H24N2O2/c1-5-18(11-10-13(2)3)12-16(19)17-14-8-6-7-9-15(14)20-4/h6-10H,5,11-12H2,1-4H3,(H,17,19). The molecule has 0 aromatic heterocycles. The van der Waals surface area contributed by atoms with Crippen LogP contribution < -0.4 is 10.1 Å². The summed E-state index contributed by atoms with van der Waals surface area (Å²) in [6, 6.07) is 7.42. The van der Waals surface area contributed by atoms with E-state index in [2.05, 4.69) is 37.1 Å². The van der Waals surface area contributed by atoms with Gasteiger partial charge in [0.15, 0.2) is 0 Å². The van der Waals surface area contributed by atoms with E-state index in [1.165, 1.54) is 5.57 Å². The van der Waals surface area contributed by atoms with E-state index < -0.39 is 0 Å². The largest absolute Gasteiger partial charge is 0.495 e. The topological polar surface area (TPSA) is 41.6 Å². The van der Waals surface area contributed by atoms with Gasteiger partial charge in [-0.15, -0.1) is 0 Å². The summed E-state index contributed by atoms with van der Waals surface area (Å²) in [6.07, 6.45) is 2.12. The Morgan fingerprint density at radius 3 is 2.65 bits per heavy atom. The second kappa shape index (κ2) is 8.38. The van der Waals surface area contributed by atoms with Gasteiger partial charge in [0.1, 0.15) is 5.75 Å². The fourth-order valence-corrected chi connectivity index (χ4v) is 1.76. The van der Waals surface area contributed by atoms with Gasteiger partial charge >= 0.3 is 0 Å². The van der Waals surface area contributed by atoms with Crippen LogP contribution in [0.3, 0.4) is 0 Å². The smallest absolute Gasteiger partial charge is 0.238 e. The molecule has 1 amide bonds. The Bertz CT molecular complexity index is 465. The van der Waals surface area contributed by atoms with Crippen LogP contribution in [-0.2, 0) is 4.79 Å². The molecular weight excluding hydrogens is 252 g/mol. The Morgan fingerprint density at radius 1 is 1.35 bits per heavy atom. The third kappa shape index (κ3) is 5.45. The predicted molar refractivity (Wildman–Crippen MR) is 83.2 cm³/mol. The highest BCUT2D eigenvalue weighted by molar-refractivity contribution is 5.93. The minimum Gasteiger partial charge on any atom is -0.495 e. The average molecular weight is 276 g/mol. The highest BCUT2D eigenvalue weighted by Gasteiger charge is 2.10. The van der Waals surface area contributed by atoms with Crippen molar-refractivity contribution >= 4 is 11.6 Å². The lowest BCUT2D eigenvalue weighted by atomic mass is 10.3. The summed E-state index contributed by atoms with van der Waals surface area (Å²) in [5.41, 5.74) is 1.96. The zero-order valence-corrected chi connectivity index (χ0v) is 12.8. The number of carbonyl (C=O) groups excluding carboxylic acids is 1. The SMILES string of the molecule is CCN(CC=C(C)C)CC(=O)Nc1ccccc1OC. The molecule has 0 atom stereocenters. The number of hydrogen-bond donors (Lipinski definition) is 1.